The number of fused-ring (bicyclic) bond motifs is 2. The Morgan fingerprint density at radius 1 is 0.824 bits per heavy atom. The van der Waals surface area contributed by atoms with Gasteiger partial charge in [0, 0.05) is 52.9 Å². The molecule has 4 heterocycles. The Morgan fingerprint density at radius 2 is 1.74 bits per heavy atom. The molecule has 0 aliphatic rings. The molecule has 0 saturated carbocycles. The van der Waals surface area contributed by atoms with E-state index >= 15 is 0 Å². The summed E-state index contributed by atoms with van der Waals surface area (Å²) in [5.41, 5.74) is 8.78. The van der Waals surface area contributed by atoms with Crippen molar-refractivity contribution in [3.05, 3.63) is 79.4 Å². The second-order valence-corrected chi connectivity index (χ2v) is 8.62. The summed E-state index contributed by atoms with van der Waals surface area (Å²) in [6.07, 6.45) is 7.36. The lowest BCUT2D eigenvalue weighted by atomic mass is 10.0. The van der Waals surface area contributed by atoms with Gasteiger partial charge < -0.3 is 10.3 Å². The van der Waals surface area contributed by atoms with Crippen molar-refractivity contribution in [3.8, 4) is 33.8 Å². The molecule has 0 aliphatic carbocycles. The van der Waals surface area contributed by atoms with E-state index in [-0.39, 0.29) is 0 Å². The Kier molecular flexibility index (Phi) is 4.80. The molecule has 7 heteroatoms. The van der Waals surface area contributed by atoms with Gasteiger partial charge >= 0.3 is 0 Å². The van der Waals surface area contributed by atoms with Crippen LogP contribution in [0.25, 0.3) is 55.7 Å². The summed E-state index contributed by atoms with van der Waals surface area (Å²) < 4.78 is 0. The Bertz CT molecular complexity index is 1610. The first kappa shape index (κ1) is 20.1. The lowest BCUT2D eigenvalue weighted by molar-refractivity contribution is 0.898. The highest BCUT2D eigenvalue weighted by molar-refractivity contribution is 5.98. The molecule has 2 aromatic carbocycles. The van der Waals surface area contributed by atoms with Gasteiger partial charge in [-0.25, -0.2) is 4.98 Å². The van der Waals surface area contributed by atoms with Gasteiger partial charge in [0.1, 0.15) is 5.69 Å². The van der Waals surface area contributed by atoms with Crippen LogP contribution in [0, 0.1) is 0 Å². The third-order valence-corrected chi connectivity index (χ3v) is 5.80. The molecule has 0 bridgehead atoms. The van der Waals surface area contributed by atoms with Crippen LogP contribution in [0.5, 0.6) is 0 Å². The number of aromatic amines is 2. The van der Waals surface area contributed by atoms with E-state index in [4.69, 9.17) is 4.98 Å². The monoisotopic (exact) mass is 445 g/mol. The second kappa shape index (κ2) is 8.12. The van der Waals surface area contributed by atoms with Crippen molar-refractivity contribution in [3.63, 3.8) is 0 Å². The van der Waals surface area contributed by atoms with E-state index in [1.807, 2.05) is 48.9 Å². The van der Waals surface area contributed by atoms with Crippen LogP contribution < -0.4 is 5.32 Å². The van der Waals surface area contributed by atoms with Gasteiger partial charge in [-0.1, -0.05) is 24.3 Å². The first-order valence-electron chi connectivity index (χ1n) is 11.3. The number of rotatable bonds is 5. The highest BCUT2D eigenvalue weighted by Gasteiger charge is 2.16. The molecular weight excluding hydrogens is 422 g/mol. The molecule has 0 fully saturated rings. The van der Waals surface area contributed by atoms with Crippen molar-refractivity contribution in [2.45, 2.75) is 19.9 Å². The predicted molar refractivity (Wildman–Crippen MR) is 136 cm³/mol. The first-order chi connectivity index (χ1) is 16.7. The third kappa shape index (κ3) is 3.57. The standard InChI is InChI=1S/C27H23N7/c1-16(2)30-20-11-19(14-29-15-20)17-8-9-23-22(12-17)26(34-33-23)27-31-24-7-3-6-21(25(24)32-27)18-5-4-10-28-13-18/h3-16,30H,1-2H3,(H,31,32)(H,33,34). The average molecular weight is 446 g/mol. The van der Waals surface area contributed by atoms with Crippen LogP contribution in [0.3, 0.4) is 0 Å². The number of benzene rings is 2. The van der Waals surface area contributed by atoms with Crippen LogP contribution in [-0.4, -0.2) is 36.2 Å². The predicted octanol–water partition coefficient (Wildman–Crippen LogP) is 6.05. The van der Waals surface area contributed by atoms with Crippen LogP contribution in [0.4, 0.5) is 5.69 Å². The third-order valence-electron chi connectivity index (χ3n) is 5.80. The molecule has 0 unspecified atom stereocenters. The lowest BCUT2D eigenvalue weighted by Crippen LogP contribution is -2.09. The number of nitrogens with zero attached hydrogens (tertiary/aromatic N) is 4. The van der Waals surface area contributed by atoms with E-state index < -0.39 is 0 Å². The molecule has 34 heavy (non-hydrogen) atoms. The van der Waals surface area contributed by atoms with Crippen molar-refractivity contribution in [1.29, 1.82) is 0 Å². The van der Waals surface area contributed by atoms with Crippen molar-refractivity contribution < 1.29 is 0 Å². The molecule has 7 nitrogen and oxygen atoms in total. The van der Waals surface area contributed by atoms with E-state index in [0.29, 0.717) is 6.04 Å². The molecule has 6 rings (SSSR count). The minimum absolute atomic E-state index is 0.338. The summed E-state index contributed by atoms with van der Waals surface area (Å²) >= 11 is 0. The number of pyridine rings is 2. The number of anilines is 1. The van der Waals surface area contributed by atoms with Gasteiger partial charge in [0.05, 0.1) is 22.2 Å². The summed E-state index contributed by atoms with van der Waals surface area (Å²) in [6, 6.07) is 18.8. The topological polar surface area (TPSA) is 95.2 Å². The van der Waals surface area contributed by atoms with E-state index in [1.165, 1.54) is 0 Å². The molecule has 3 N–H and O–H groups in total. The van der Waals surface area contributed by atoms with Gasteiger partial charge in [0.25, 0.3) is 0 Å². The molecule has 0 aliphatic heterocycles. The van der Waals surface area contributed by atoms with Gasteiger partial charge in [-0.2, -0.15) is 5.10 Å². The number of hydrogen-bond acceptors (Lipinski definition) is 5. The zero-order chi connectivity index (χ0) is 23.1. The van der Waals surface area contributed by atoms with E-state index in [0.717, 1.165) is 61.4 Å². The Hall–Kier alpha value is -4.52. The summed E-state index contributed by atoms with van der Waals surface area (Å²) in [5, 5.41) is 12.2. The van der Waals surface area contributed by atoms with Crippen molar-refractivity contribution in [2.24, 2.45) is 0 Å². The summed E-state index contributed by atoms with van der Waals surface area (Å²) in [5.74, 6) is 0.725. The fourth-order valence-corrected chi connectivity index (χ4v) is 4.28. The molecule has 0 atom stereocenters. The minimum Gasteiger partial charge on any atom is -0.382 e. The largest absolute Gasteiger partial charge is 0.382 e. The maximum atomic E-state index is 4.94. The van der Waals surface area contributed by atoms with E-state index in [1.54, 1.807) is 6.20 Å². The van der Waals surface area contributed by atoms with Crippen LogP contribution in [0.2, 0.25) is 0 Å². The number of imidazole rings is 1. The van der Waals surface area contributed by atoms with Crippen LogP contribution in [0.1, 0.15) is 13.8 Å². The normalized spacial score (nSPS) is 11.5. The van der Waals surface area contributed by atoms with E-state index in [2.05, 4.69) is 68.6 Å². The van der Waals surface area contributed by atoms with E-state index in [9.17, 15) is 0 Å². The average Bonchev–Trinajstić information content (AvgIpc) is 3.48. The Morgan fingerprint density at radius 3 is 2.59 bits per heavy atom. The molecule has 0 saturated heterocycles. The smallest absolute Gasteiger partial charge is 0.159 e. The number of hydrogen-bond donors (Lipinski definition) is 3. The Balaban J connectivity index is 1.45. The quantitative estimate of drug-likeness (QED) is 0.300. The number of para-hydroxylation sites is 1. The van der Waals surface area contributed by atoms with Crippen LogP contribution >= 0.6 is 0 Å². The lowest BCUT2D eigenvalue weighted by Gasteiger charge is -2.11. The first-order valence-corrected chi connectivity index (χ1v) is 11.3. The van der Waals surface area contributed by atoms with Crippen molar-refractivity contribution in [2.75, 3.05) is 5.32 Å². The molecule has 166 valence electrons. The Labute approximate surface area is 196 Å². The molecule has 6 aromatic rings. The van der Waals surface area contributed by atoms with Gasteiger partial charge in [-0.3, -0.25) is 15.1 Å². The summed E-state index contributed by atoms with van der Waals surface area (Å²) in [4.78, 5) is 17.1. The fraction of sp³-hybridized carbons (Fsp3) is 0.111. The van der Waals surface area contributed by atoms with Gasteiger partial charge in [0.2, 0.25) is 0 Å². The molecular formula is C27H23N7. The van der Waals surface area contributed by atoms with Crippen molar-refractivity contribution >= 4 is 27.6 Å². The highest BCUT2D eigenvalue weighted by atomic mass is 15.1. The van der Waals surface area contributed by atoms with Crippen molar-refractivity contribution in [1.82, 2.24) is 30.1 Å². The van der Waals surface area contributed by atoms with Gasteiger partial charge in [0.15, 0.2) is 5.82 Å². The fourth-order valence-electron chi connectivity index (χ4n) is 4.28. The molecule has 0 spiro atoms. The SMILES string of the molecule is CC(C)Nc1cncc(-c2ccc3[nH]nc(-c4nc5c(-c6cccnc6)cccc5[nH]4)c3c2)c1. The molecule has 4 aromatic heterocycles. The molecule has 0 amide bonds. The summed E-state index contributed by atoms with van der Waals surface area (Å²) in [6.45, 7) is 4.23. The van der Waals surface area contributed by atoms with Crippen LogP contribution in [0.15, 0.2) is 79.4 Å². The highest BCUT2D eigenvalue weighted by Crippen LogP contribution is 2.33. The minimum atomic E-state index is 0.338. The van der Waals surface area contributed by atoms with Gasteiger partial charge in [-0.05, 0) is 49.7 Å². The zero-order valence-corrected chi connectivity index (χ0v) is 18.9. The van der Waals surface area contributed by atoms with Gasteiger partial charge in [-0.15, -0.1) is 0 Å². The van der Waals surface area contributed by atoms with Crippen LogP contribution in [-0.2, 0) is 0 Å². The number of aromatic nitrogens is 6. The maximum absolute atomic E-state index is 4.94. The molecule has 0 radical (unpaired) electrons. The number of H-pyrrole nitrogens is 2. The maximum Gasteiger partial charge on any atom is 0.159 e. The second-order valence-electron chi connectivity index (χ2n) is 8.62. The summed E-state index contributed by atoms with van der Waals surface area (Å²) in [7, 11) is 0. The zero-order valence-electron chi connectivity index (χ0n) is 18.9. The number of nitrogens with one attached hydrogen (secondary N) is 3.